The van der Waals surface area contributed by atoms with Crippen molar-refractivity contribution in [3.8, 4) is 0 Å². The summed E-state index contributed by atoms with van der Waals surface area (Å²) in [7, 11) is 1.25. The lowest BCUT2D eigenvalue weighted by Crippen LogP contribution is -2.43. The summed E-state index contributed by atoms with van der Waals surface area (Å²) in [6.45, 7) is 0. The Hall–Kier alpha value is -2.28. The van der Waals surface area contributed by atoms with E-state index in [1.165, 1.54) is 25.8 Å². The molecule has 2 aromatic heterocycles. The number of carbonyl (C=O) groups excluding carboxylic acids is 2. The van der Waals surface area contributed by atoms with E-state index in [2.05, 4.69) is 20.0 Å². The number of aromatic nitrogens is 2. The summed E-state index contributed by atoms with van der Waals surface area (Å²) in [4.78, 5) is 30.4. The molecule has 0 fully saturated rings. The van der Waals surface area contributed by atoms with Gasteiger partial charge in [0, 0.05) is 18.3 Å². The van der Waals surface area contributed by atoms with Crippen molar-refractivity contribution < 1.29 is 18.7 Å². The monoisotopic (exact) mass is 297 g/mol. The molecule has 0 aliphatic rings. The van der Waals surface area contributed by atoms with Crippen molar-refractivity contribution >= 4 is 23.5 Å². The van der Waals surface area contributed by atoms with Crippen molar-refractivity contribution in [3.63, 3.8) is 0 Å². The highest BCUT2D eigenvalue weighted by atomic mass is 35.5. The molecule has 8 heteroatoms. The zero-order valence-electron chi connectivity index (χ0n) is 10.6. The first kappa shape index (κ1) is 14.1. The summed E-state index contributed by atoms with van der Waals surface area (Å²) in [6, 6.07) is 0.571. The Bertz CT molecular complexity index is 594. The number of hydrogen-bond acceptors (Lipinski definition) is 5. The summed E-state index contributed by atoms with van der Waals surface area (Å²) in [5, 5.41) is 2.51. The lowest BCUT2D eigenvalue weighted by molar-refractivity contribution is -0.142. The maximum Gasteiger partial charge on any atom is 0.328 e. The molecule has 0 saturated carbocycles. The quantitative estimate of drug-likeness (QED) is 0.807. The fraction of sp³-hybridized carbons (Fsp3) is 0.250. The van der Waals surface area contributed by atoms with Crippen LogP contribution in [0.2, 0.25) is 5.22 Å². The van der Waals surface area contributed by atoms with Crippen molar-refractivity contribution in [1.29, 1.82) is 0 Å². The molecule has 0 spiro atoms. The highest BCUT2D eigenvalue weighted by Gasteiger charge is 2.24. The number of imidazole rings is 1. The number of halogens is 1. The number of hydrogen-bond donors (Lipinski definition) is 2. The number of nitrogens with one attached hydrogen (secondary N) is 2. The van der Waals surface area contributed by atoms with Gasteiger partial charge in [-0.05, 0) is 17.7 Å². The summed E-state index contributed by atoms with van der Waals surface area (Å²) >= 11 is 5.71. The normalized spacial score (nSPS) is 11.9. The number of furan rings is 1. The third kappa shape index (κ3) is 3.18. The molecule has 0 bridgehead atoms. The minimum atomic E-state index is -0.848. The van der Waals surface area contributed by atoms with E-state index in [1.54, 1.807) is 6.20 Å². The van der Waals surface area contributed by atoms with Crippen molar-refractivity contribution in [2.45, 2.75) is 12.5 Å². The van der Waals surface area contributed by atoms with E-state index in [1.807, 2.05) is 0 Å². The number of carbonyl (C=O) groups is 2. The van der Waals surface area contributed by atoms with Crippen LogP contribution in [0, 0.1) is 0 Å². The molecule has 1 amide bonds. The molecular weight excluding hydrogens is 286 g/mol. The van der Waals surface area contributed by atoms with Gasteiger partial charge in [-0.1, -0.05) is 0 Å². The molecule has 2 N–H and O–H groups in total. The van der Waals surface area contributed by atoms with Gasteiger partial charge < -0.3 is 19.5 Å². The Morgan fingerprint density at radius 1 is 1.60 bits per heavy atom. The molecule has 2 rings (SSSR count). The maximum atomic E-state index is 12.0. The van der Waals surface area contributed by atoms with Crippen molar-refractivity contribution in [2.24, 2.45) is 0 Å². The standard InChI is InChI=1S/C12H12ClN3O4/c1-19-12(18)9(4-7-5-14-6-15-7)16-11(17)8-2-3-20-10(8)13/h2-3,5-6,9H,4H2,1H3,(H,14,15)(H,16,17)/t9-/m0/s1. The Morgan fingerprint density at radius 3 is 2.95 bits per heavy atom. The van der Waals surface area contributed by atoms with Crippen LogP contribution in [0.1, 0.15) is 16.1 Å². The van der Waals surface area contributed by atoms with E-state index < -0.39 is 17.9 Å². The van der Waals surface area contributed by atoms with Gasteiger partial charge in [0.15, 0.2) is 0 Å². The fourth-order valence-electron chi connectivity index (χ4n) is 1.64. The smallest absolute Gasteiger partial charge is 0.328 e. The van der Waals surface area contributed by atoms with Gasteiger partial charge in [-0.15, -0.1) is 0 Å². The second kappa shape index (κ2) is 6.25. The first-order valence-corrected chi connectivity index (χ1v) is 6.08. The Labute approximate surface area is 119 Å². The Balaban J connectivity index is 2.10. The number of amides is 1. The molecule has 1 atom stereocenters. The minimum Gasteiger partial charge on any atom is -0.467 e. The maximum absolute atomic E-state index is 12.0. The van der Waals surface area contributed by atoms with Gasteiger partial charge in [-0.2, -0.15) is 0 Å². The Kier molecular flexibility index (Phi) is 4.41. The molecule has 106 valence electrons. The fourth-order valence-corrected chi connectivity index (χ4v) is 1.84. The van der Waals surface area contributed by atoms with Crippen molar-refractivity contribution in [2.75, 3.05) is 7.11 Å². The lowest BCUT2D eigenvalue weighted by Gasteiger charge is -2.15. The number of esters is 1. The SMILES string of the molecule is COC(=O)[C@H](Cc1cnc[nH]1)NC(=O)c1ccoc1Cl. The van der Waals surface area contributed by atoms with Crippen LogP contribution in [0.3, 0.4) is 0 Å². The van der Waals surface area contributed by atoms with Crippen LogP contribution in [0.15, 0.2) is 29.3 Å². The van der Waals surface area contributed by atoms with Crippen LogP contribution in [0.25, 0.3) is 0 Å². The first-order chi connectivity index (χ1) is 9.61. The van der Waals surface area contributed by atoms with Crippen LogP contribution in [0.4, 0.5) is 0 Å². The zero-order chi connectivity index (χ0) is 14.5. The van der Waals surface area contributed by atoms with Crippen LogP contribution in [-0.2, 0) is 16.0 Å². The third-order valence-electron chi connectivity index (χ3n) is 2.63. The average Bonchev–Trinajstić information content (AvgIpc) is 3.08. The topological polar surface area (TPSA) is 97.2 Å². The van der Waals surface area contributed by atoms with Gasteiger partial charge in [-0.3, -0.25) is 4.79 Å². The van der Waals surface area contributed by atoms with Gasteiger partial charge in [-0.25, -0.2) is 9.78 Å². The number of methoxy groups -OCH3 is 1. The van der Waals surface area contributed by atoms with E-state index in [0.29, 0.717) is 5.69 Å². The lowest BCUT2D eigenvalue weighted by atomic mass is 10.1. The molecule has 2 aromatic rings. The van der Waals surface area contributed by atoms with E-state index in [-0.39, 0.29) is 17.2 Å². The molecule has 0 aliphatic heterocycles. The largest absolute Gasteiger partial charge is 0.467 e. The van der Waals surface area contributed by atoms with Crippen molar-refractivity contribution in [3.05, 3.63) is 41.3 Å². The number of H-pyrrole nitrogens is 1. The minimum absolute atomic E-state index is 0.0346. The molecule has 0 aromatic carbocycles. The predicted octanol–water partition coefficient (Wildman–Crippen LogP) is 1.17. The second-order valence-electron chi connectivity index (χ2n) is 3.94. The molecule has 0 aliphatic carbocycles. The van der Waals surface area contributed by atoms with Crippen LogP contribution >= 0.6 is 11.6 Å². The van der Waals surface area contributed by atoms with Crippen molar-refractivity contribution in [1.82, 2.24) is 15.3 Å². The summed E-state index contributed by atoms with van der Waals surface area (Å²) in [6.07, 6.45) is 4.57. The van der Waals surface area contributed by atoms with Gasteiger partial charge in [0.1, 0.15) is 6.04 Å². The van der Waals surface area contributed by atoms with Gasteiger partial charge in [0.2, 0.25) is 5.22 Å². The molecule has 0 radical (unpaired) electrons. The van der Waals surface area contributed by atoms with Crippen LogP contribution < -0.4 is 5.32 Å². The van der Waals surface area contributed by atoms with Gasteiger partial charge in [0.25, 0.3) is 5.91 Å². The molecule has 0 unspecified atom stereocenters. The molecule has 20 heavy (non-hydrogen) atoms. The summed E-state index contributed by atoms with van der Waals surface area (Å²) in [5.74, 6) is -1.08. The Morgan fingerprint density at radius 2 is 2.40 bits per heavy atom. The molecule has 0 saturated heterocycles. The van der Waals surface area contributed by atoms with Gasteiger partial charge >= 0.3 is 5.97 Å². The highest BCUT2D eigenvalue weighted by molar-refractivity contribution is 6.32. The number of rotatable bonds is 5. The first-order valence-electron chi connectivity index (χ1n) is 5.70. The zero-order valence-corrected chi connectivity index (χ0v) is 11.3. The van der Waals surface area contributed by atoms with Crippen LogP contribution in [0.5, 0.6) is 0 Å². The summed E-state index contributed by atoms with van der Waals surface area (Å²) in [5.41, 5.74) is 0.851. The third-order valence-corrected chi connectivity index (χ3v) is 2.93. The molecule has 7 nitrogen and oxygen atoms in total. The number of ether oxygens (including phenoxy) is 1. The number of aromatic amines is 1. The van der Waals surface area contributed by atoms with Gasteiger partial charge in [0.05, 0.1) is 25.3 Å². The van der Waals surface area contributed by atoms with E-state index >= 15 is 0 Å². The average molecular weight is 298 g/mol. The highest BCUT2D eigenvalue weighted by Crippen LogP contribution is 2.16. The number of nitrogens with zero attached hydrogens (tertiary/aromatic N) is 1. The second-order valence-corrected chi connectivity index (χ2v) is 4.28. The van der Waals surface area contributed by atoms with Crippen LogP contribution in [-0.4, -0.2) is 35.0 Å². The van der Waals surface area contributed by atoms with E-state index in [9.17, 15) is 9.59 Å². The summed E-state index contributed by atoms with van der Waals surface area (Å²) < 4.78 is 9.50. The van der Waals surface area contributed by atoms with E-state index in [0.717, 1.165) is 0 Å². The molecular formula is C12H12ClN3O4. The predicted molar refractivity (Wildman–Crippen MR) is 69.3 cm³/mol. The molecule has 2 heterocycles. The van der Waals surface area contributed by atoms with E-state index in [4.69, 9.17) is 16.0 Å².